The Morgan fingerprint density at radius 2 is 2.16 bits per heavy atom. The zero-order valence-corrected chi connectivity index (χ0v) is 12.0. The molecule has 0 unspecified atom stereocenters. The summed E-state index contributed by atoms with van der Waals surface area (Å²) in [7, 11) is 3.96. The van der Waals surface area contributed by atoms with Gasteiger partial charge in [-0.1, -0.05) is 6.07 Å². The quantitative estimate of drug-likeness (QED) is 0.821. The minimum Gasteiger partial charge on any atom is -0.387 e. The Morgan fingerprint density at radius 1 is 1.42 bits per heavy atom. The molecule has 0 heterocycles. The molecule has 1 saturated carbocycles. The number of benzene rings is 1. The summed E-state index contributed by atoms with van der Waals surface area (Å²) in [6.07, 6.45) is 2.60. The highest BCUT2D eigenvalue weighted by Crippen LogP contribution is 2.24. The normalized spacial score (nSPS) is 14.5. The predicted molar refractivity (Wildman–Crippen MR) is 78.7 cm³/mol. The molecule has 104 valence electrons. The summed E-state index contributed by atoms with van der Waals surface area (Å²) in [6, 6.07) is 6.57. The first-order valence-corrected chi connectivity index (χ1v) is 6.88. The molecule has 0 atom stereocenters. The number of amides is 1. The Labute approximate surface area is 115 Å². The van der Waals surface area contributed by atoms with Crippen LogP contribution in [0.5, 0.6) is 0 Å². The van der Waals surface area contributed by atoms with Gasteiger partial charge in [-0.3, -0.25) is 4.79 Å². The van der Waals surface area contributed by atoms with E-state index >= 15 is 0 Å². The van der Waals surface area contributed by atoms with Crippen molar-refractivity contribution in [2.45, 2.75) is 25.8 Å². The van der Waals surface area contributed by atoms with Crippen LogP contribution in [0, 0.1) is 6.92 Å². The molecule has 1 aromatic rings. The first kappa shape index (κ1) is 13.9. The molecule has 1 aliphatic rings. The van der Waals surface area contributed by atoms with E-state index in [4.69, 9.17) is 0 Å². The summed E-state index contributed by atoms with van der Waals surface area (Å²) < 4.78 is 0. The standard InChI is InChI=1S/C15H23N3O/c1-11-4-7-13(14(10-11)16-2)15(19)17-8-9-18(3)12-5-6-12/h4,7,10,12,16H,5-6,8-9H2,1-3H3,(H,17,19). The van der Waals surface area contributed by atoms with E-state index in [9.17, 15) is 4.79 Å². The minimum absolute atomic E-state index is 0.00598. The van der Waals surface area contributed by atoms with Crippen molar-refractivity contribution in [1.82, 2.24) is 10.2 Å². The first-order valence-electron chi connectivity index (χ1n) is 6.88. The molecular formula is C15H23N3O. The van der Waals surface area contributed by atoms with E-state index in [-0.39, 0.29) is 5.91 Å². The number of hydrogen-bond donors (Lipinski definition) is 2. The molecule has 2 rings (SSSR count). The monoisotopic (exact) mass is 261 g/mol. The van der Waals surface area contributed by atoms with E-state index in [0.717, 1.165) is 23.8 Å². The van der Waals surface area contributed by atoms with Crippen LogP contribution in [0.3, 0.4) is 0 Å². The largest absolute Gasteiger partial charge is 0.387 e. The Bertz CT molecular complexity index is 455. The van der Waals surface area contributed by atoms with E-state index in [2.05, 4.69) is 22.6 Å². The van der Waals surface area contributed by atoms with E-state index < -0.39 is 0 Å². The number of nitrogens with one attached hydrogen (secondary N) is 2. The number of carbonyl (C=O) groups excluding carboxylic acids is 1. The summed E-state index contributed by atoms with van der Waals surface area (Å²) in [5.41, 5.74) is 2.74. The predicted octanol–water partition coefficient (Wildman–Crippen LogP) is 1.86. The molecular weight excluding hydrogens is 238 g/mol. The van der Waals surface area contributed by atoms with Crippen LogP contribution in [-0.2, 0) is 0 Å². The zero-order chi connectivity index (χ0) is 13.8. The number of aryl methyl sites for hydroxylation is 1. The molecule has 0 spiro atoms. The third-order valence-corrected chi connectivity index (χ3v) is 3.61. The Hall–Kier alpha value is -1.55. The molecule has 0 aliphatic heterocycles. The second-order valence-corrected chi connectivity index (χ2v) is 5.27. The first-order chi connectivity index (χ1) is 9.11. The van der Waals surface area contributed by atoms with Gasteiger partial charge in [0.05, 0.1) is 5.56 Å². The Morgan fingerprint density at radius 3 is 2.79 bits per heavy atom. The fourth-order valence-electron chi connectivity index (χ4n) is 2.20. The maximum atomic E-state index is 12.1. The van der Waals surface area contributed by atoms with Crippen molar-refractivity contribution in [3.8, 4) is 0 Å². The van der Waals surface area contributed by atoms with Gasteiger partial charge in [-0.15, -0.1) is 0 Å². The topological polar surface area (TPSA) is 44.4 Å². The van der Waals surface area contributed by atoms with E-state index in [0.29, 0.717) is 12.1 Å². The summed E-state index contributed by atoms with van der Waals surface area (Å²) in [4.78, 5) is 14.4. The molecule has 1 amide bonds. The van der Waals surface area contributed by atoms with Gasteiger partial charge in [0.25, 0.3) is 5.91 Å². The van der Waals surface area contributed by atoms with Crippen molar-refractivity contribution in [2.24, 2.45) is 0 Å². The van der Waals surface area contributed by atoms with Crippen LogP contribution >= 0.6 is 0 Å². The van der Waals surface area contributed by atoms with Crippen LogP contribution in [0.4, 0.5) is 5.69 Å². The van der Waals surface area contributed by atoms with Gasteiger partial charge in [-0.05, 0) is 44.5 Å². The molecule has 19 heavy (non-hydrogen) atoms. The highest BCUT2D eigenvalue weighted by Gasteiger charge is 2.25. The van der Waals surface area contributed by atoms with Crippen molar-refractivity contribution >= 4 is 11.6 Å². The van der Waals surface area contributed by atoms with Gasteiger partial charge in [0, 0.05) is 31.9 Å². The minimum atomic E-state index is -0.00598. The van der Waals surface area contributed by atoms with Crippen LogP contribution in [-0.4, -0.2) is 44.0 Å². The molecule has 0 radical (unpaired) electrons. The highest BCUT2D eigenvalue weighted by molar-refractivity contribution is 5.99. The summed E-state index contributed by atoms with van der Waals surface area (Å²) >= 11 is 0. The van der Waals surface area contributed by atoms with Gasteiger partial charge in [-0.25, -0.2) is 0 Å². The van der Waals surface area contributed by atoms with Crippen molar-refractivity contribution < 1.29 is 4.79 Å². The molecule has 1 fully saturated rings. The second kappa shape index (κ2) is 6.06. The van der Waals surface area contributed by atoms with Crippen molar-refractivity contribution in [3.05, 3.63) is 29.3 Å². The number of rotatable bonds is 6. The van der Waals surface area contributed by atoms with Gasteiger partial charge < -0.3 is 15.5 Å². The van der Waals surface area contributed by atoms with Crippen molar-refractivity contribution in [1.29, 1.82) is 0 Å². The lowest BCUT2D eigenvalue weighted by atomic mass is 10.1. The maximum Gasteiger partial charge on any atom is 0.253 e. The SMILES string of the molecule is CNc1cc(C)ccc1C(=O)NCCN(C)C1CC1. The molecule has 0 bridgehead atoms. The van der Waals surface area contributed by atoms with Crippen LogP contribution in [0.15, 0.2) is 18.2 Å². The average molecular weight is 261 g/mol. The van der Waals surface area contributed by atoms with E-state index in [1.165, 1.54) is 12.8 Å². The van der Waals surface area contributed by atoms with Gasteiger partial charge in [0.2, 0.25) is 0 Å². The Kier molecular flexibility index (Phi) is 4.43. The summed E-state index contributed by atoms with van der Waals surface area (Å²) in [5, 5.41) is 6.06. The lowest BCUT2D eigenvalue weighted by molar-refractivity contribution is 0.0950. The number of nitrogens with zero attached hydrogens (tertiary/aromatic N) is 1. The van der Waals surface area contributed by atoms with Crippen LogP contribution in [0.2, 0.25) is 0 Å². The lowest BCUT2D eigenvalue weighted by Crippen LogP contribution is -2.34. The van der Waals surface area contributed by atoms with Crippen molar-refractivity contribution in [2.75, 3.05) is 32.5 Å². The van der Waals surface area contributed by atoms with Crippen LogP contribution < -0.4 is 10.6 Å². The van der Waals surface area contributed by atoms with Crippen molar-refractivity contribution in [3.63, 3.8) is 0 Å². The summed E-state index contributed by atoms with van der Waals surface area (Å²) in [5.74, 6) is -0.00598. The van der Waals surface area contributed by atoms with E-state index in [1.807, 2.05) is 32.2 Å². The van der Waals surface area contributed by atoms with Gasteiger partial charge in [-0.2, -0.15) is 0 Å². The fraction of sp³-hybridized carbons (Fsp3) is 0.533. The number of likely N-dealkylation sites (N-methyl/N-ethyl adjacent to an activating group) is 1. The molecule has 4 heteroatoms. The third kappa shape index (κ3) is 3.70. The smallest absolute Gasteiger partial charge is 0.253 e. The molecule has 2 N–H and O–H groups in total. The molecule has 0 aromatic heterocycles. The molecule has 1 aliphatic carbocycles. The maximum absolute atomic E-state index is 12.1. The molecule has 4 nitrogen and oxygen atoms in total. The second-order valence-electron chi connectivity index (χ2n) is 5.27. The van der Waals surface area contributed by atoms with Gasteiger partial charge in [0.15, 0.2) is 0 Å². The number of carbonyl (C=O) groups is 1. The van der Waals surface area contributed by atoms with Gasteiger partial charge in [0.1, 0.15) is 0 Å². The lowest BCUT2D eigenvalue weighted by Gasteiger charge is -2.16. The third-order valence-electron chi connectivity index (χ3n) is 3.61. The molecule has 0 saturated heterocycles. The molecule has 1 aromatic carbocycles. The number of hydrogen-bond acceptors (Lipinski definition) is 3. The average Bonchev–Trinajstić information content (AvgIpc) is 3.22. The van der Waals surface area contributed by atoms with E-state index in [1.54, 1.807) is 0 Å². The van der Waals surface area contributed by atoms with Gasteiger partial charge >= 0.3 is 0 Å². The fourth-order valence-corrected chi connectivity index (χ4v) is 2.20. The highest BCUT2D eigenvalue weighted by atomic mass is 16.1. The zero-order valence-electron chi connectivity index (χ0n) is 12.0. The Balaban J connectivity index is 1.88. The number of anilines is 1. The van der Waals surface area contributed by atoms with Crippen LogP contribution in [0.1, 0.15) is 28.8 Å². The van der Waals surface area contributed by atoms with Crippen LogP contribution in [0.25, 0.3) is 0 Å². The summed E-state index contributed by atoms with van der Waals surface area (Å²) in [6.45, 7) is 3.63.